The summed E-state index contributed by atoms with van der Waals surface area (Å²) in [5.74, 6) is -4.30. The second kappa shape index (κ2) is 4.82. The first-order chi connectivity index (χ1) is 8.92. The van der Waals surface area contributed by atoms with Crippen LogP contribution in [0, 0.1) is 0 Å². The van der Waals surface area contributed by atoms with Crippen LogP contribution in [0.25, 0.3) is 11.4 Å². The predicted octanol–water partition coefficient (Wildman–Crippen LogP) is 1.82. The highest BCUT2D eigenvalue weighted by Gasteiger charge is 2.42. The molecule has 0 atom stereocenters. The van der Waals surface area contributed by atoms with Crippen LogP contribution in [-0.4, -0.2) is 32.6 Å². The van der Waals surface area contributed by atoms with E-state index in [9.17, 15) is 17.6 Å². The number of para-hydroxylation sites is 1. The first-order valence-electron chi connectivity index (χ1n) is 5.19. The third-order valence-corrected chi connectivity index (χ3v) is 2.41. The molecule has 0 fully saturated rings. The molecule has 0 radical (unpaired) electrons. The maximum absolute atomic E-state index is 13.0. The molecule has 0 bridgehead atoms. The minimum atomic E-state index is -4.21. The lowest BCUT2D eigenvalue weighted by Crippen LogP contribution is -2.32. The van der Waals surface area contributed by atoms with Gasteiger partial charge in [0.1, 0.15) is 6.54 Å². The van der Waals surface area contributed by atoms with E-state index in [1.807, 2.05) is 0 Å². The molecule has 0 aliphatic rings. The third kappa shape index (κ3) is 2.64. The summed E-state index contributed by atoms with van der Waals surface area (Å²) in [4.78, 5) is 0. The summed E-state index contributed by atoms with van der Waals surface area (Å²) in [6.07, 6.45) is -3.79. The van der Waals surface area contributed by atoms with Crippen molar-refractivity contribution in [3.63, 3.8) is 0 Å². The van der Waals surface area contributed by atoms with Gasteiger partial charge in [-0.05, 0) is 22.6 Å². The highest BCUT2D eigenvalue weighted by Crippen LogP contribution is 2.28. The third-order valence-electron chi connectivity index (χ3n) is 2.41. The fourth-order valence-electron chi connectivity index (χ4n) is 1.47. The average molecular weight is 275 g/mol. The number of benzene rings is 1. The van der Waals surface area contributed by atoms with E-state index in [1.165, 1.54) is 12.1 Å². The van der Waals surface area contributed by atoms with Gasteiger partial charge in [-0.2, -0.15) is 8.78 Å². The lowest BCUT2D eigenvalue weighted by Gasteiger charge is -2.15. The molecule has 0 unspecified atom stereocenters. The fourth-order valence-corrected chi connectivity index (χ4v) is 1.47. The molecule has 1 aromatic carbocycles. The molecule has 0 spiro atoms. The van der Waals surface area contributed by atoms with Gasteiger partial charge in [0.15, 0.2) is 5.82 Å². The van der Waals surface area contributed by atoms with Crippen LogP contribution < -0.4 is 5.73 Å². The lowest BCUT2D eigenvalue weighted by atomic mass is 10.1. The topological polar surface area (TPSA) is 69.6 Å². The fraction of sp³-hybridized carbons (Fsp3) is 0.300. The smallest absolute Gasteiger partial charge is 0.326 e. The summed E-state index contributed by atoms with van der Waals surface area (Å²) in [5.41, 5.74) is 6.23. The second-order valence-corrected chi connectivity index (χ2v) is 3.81. The Hall–Kier alpha value is -2.19. The van der Waals surface area contributed by atoms with E-state index in [0.29, 0.717) is 10.2 Å². The van der Waals surface area contributed by atoms with Crippen LogP contribution in [0.15, 0.2) is 24.3 Å². The molecular weight excluding hydrogens is 266 g/mol. The van der Waals surface area contributed by atoms with Crippen molar-refractivity contribution in [1.82, 2.24) is 20.2 Å². The maximum Gasteiger partial charge on any atom is 0.326 e. The summed E-state index contributed by atoms with van der Waals surface area (Å²) in [5, 5.41) is 10.0. The molecule has 0 aliphatic heterocycles. The van der Waals surface area contributed by atoms with Crippen molar-refractivity contribution in [3.05, 3.63) is 24.3 Å². The van der Waals surface area contributed by atoms with Crippen LogP contribution in [-0.2, 0) is 6.54 Å². The van der Waals surface area contributed by atoms with Gasteiger partial charge >= 0.3 is 12.3 Å². The molecular formula is C10H9F4N5. The number of anilines is 1. The summed E-state index contributed by atoms with van der Waals surface area (Å²) in [7, 11) is 0. The number of hydrogen-bond acceptors (Lipinski definition) is 4. The molecule has 0 saturated heterocycles. The molecule has 1 heterocycles. The number of alkyl halides is 4. The van der Waals surface area contributed by atoms with Gasteiger partial charge in [-0.3, -0.25) is 0 Å². The van der Waals surface area contributed by atoms with Gasteiger partial charge in [-0.25, -0.2) is 13.5 Å². The Labute approximate surface area is 105 Å². The van der Waals surface area contributed by atoms with Gasteiger partial charge in [0.05, 0.1) is 0 Å². The largest absolute Gasteiger partial charge is 0.398 e. The van der Waals surface area contributed by atoms with Crippen molar-refractivity contribution in [2.24, 2.45) is 0 Å². The maximum atomic E-state index is 13.0. The zero-order valence-corrected chi connectivity index (χ0v) is 9.47. The Morgan fingerprint density at radius 1 is 1.26 bits per heavy atom. The highest BCUT2D eigenvalue weighted by atomic mass is 19.3. The minimum Gasteiger partial charge on any atom is -0.398 e. The molecule has 19 heavy (non-hydrogen) atoms. The molecule has 0 saturated carbocycles. The van der Waals surface area contributed by atoms with E-state index in [2.05, 4.69) is 15.5 Å². The quantitative estimate of drug-likeness (QED) is 0.682. The van der Waals surface area contributed by atoms with E-state index >= 15 is 0 Å². The number of aromatic nitrogens is 4. The lowest BCUT2D eigenvalue weighted by molar-refractivity contribution is -0.139. The van der Waals surface area contributed by atoms with Crippen molar-refractivity contribution in [2.75, 3.05) is 5.73 Å². The van der Waals surface area contributed by atoms with E-state index in [1.54, 1.807) is 12.1 Å². The van der Waals surface area contributed by atoms with Gasteiger partial charge in [0, 0.05) is 11.3 Å². The van der Waals surface area contributed by atoms with Crippen LogP contribution in [0.1, 0.15) is 0 Å². The first kappa shape index (κ1) is 13.2. The number of nitrogen functional groups attached to an aromatic ring is 1. The molecule has 5 nitrogen and oxygen atoms in total. The number of hydrogen-bond donors (Lipinski definition) is 1. The van der Waals surface area contributed by atoms with Crippen molar-refractivity contribution in [3.8, 4) is 11.4 Å². The zero-order chi connectivity index (χ0) is 14.0. The average Bonchev–Trinajstić information content (AvgIpc) is 2.77. The number of nitrogens with two attached hydrogens (primary N) is 1. The van der Waals surface area contributed by atoms with Gasteiger partial charge in [0.25, 0.3) is 0 Å². The number of rotatable bonds is 4. The number of nitrogens with zero attached hydrogens (tertiary/aromatic N) is 4. The number of tetrazole rings is 1. The Kier molecular flexibility index (Phi) is 3.36. The van der Waals surface area contributed by atoms with Crippen LogP contribution in [0.4, 0.5) is 23.2 Å². The highest BCUT2D eigenvalue weighted by molar-refractivity contribution is 5.70. The van der Waals surface area contributed by atoms with Gasteiger partial charge in [0.2, 0.25) is 0 Å². The van der Waals surface area contributed by atoms with Crippen molar-refractivity contribution >= 4 is 5.69 Å². The molecule has 0 aliphatic carbocycles. The van der Waals surface area contributed by atoms with Crippen LogP contribution in [0.3, 0.4) is 0 Å². The normalized spacial score (nSPS) is 12.1. The summed E-state index contributed by atoms with van der Waals surface area (Å²) >= 11 is 0. The number of halogens is 4. The van der Waals surface area contributed by atoms with Crippen LogP contribution >= 0.6 is 0 Å². The Balaban J connectivity index is 2.36. The molecule has 1 aromatic heterocycles. The summed E-state index contributed by atoms with van der Waals surface area (Å²) in [6.45, 7) is -1.32. The van der Waals surface area contributed by atoms with Crippen molar-refractivity contribution < 1.29 is 17.6 Å². The van der Waals surface area contributed by atoms with E-state index in [0.717, 1.165) is 0 Å². The summed E-state index contributed by atoms with van der Waals surface area (Å²) < 4.78 is 50.9. The minimum absolute atomic E-state index is 0.0848. The molecule has 9 heteroatoms. The van der Waals surface area contributed by atoms with Gasteiger partial charge in [-0.15, -0.1) is 5.10 Å². The molecule has 2 N–H and O–H groups in total. The van der Waals surface area contributed by atoms with Crippen LogP contribution in [0.5, 0.6) is 0 Å². The first-order valence-corrected chi connectivity index (χ1v) is 5.19. The van der Waals surface area contributed by atoms with Gasteiger partial charge < -0.3 is 5.73 Å². The molecule has 2 aromatic rings. The van der Waals surface area contributed by atoms with Crippen LogP contribution in [0.2, 0.25) is 0 Å². The molecule has 102 valence electrons. The van der Waals surface area contributed by atoms with E-state index in [-0.39, 0.29) is 11.5 Å². The second-order valence-electron chi connectivity index (χ2n) is 3.81. The Morgan fingerprint density at radius 2 is 1.95 bits per heavy atom. The molecule has 2 rings (SSSR count). The standard InChI is InChI=1S/C10H9F4N5/c11-9(12)10(13,14)5-19-8(16-17-18-19)6-3-1-2-4-7(6)15/h1-4,9H,5,15H2. The Bertz CT molecular complexity index is 569. The molecule has 0 amide bonds. The van der Waals surface area contributed by atoms with Crippen molar-refractivity contribution in [1.29, 1.82) is 0 Å². The van der Waals surface area contributed by atoms with Crippen molar-refractivity contribution in [2.45, 2.75) is 18.9 Å². The van der Waals surface area contributed by atoms with E-state index in [4.69, 9.17) is 5.73 Å². The van der Waals surface area contributed by atoms with Gasteiger partial charge in [-0.1, -0.05) is 12.1 Å². The zero-order valence-electron chi connectivity index (χ0n) is 9.47. The predicted molar refractivity (Wildman–Crippen MR) is 58.6 cm³/mol. The SMILES string of the molecule is Nc1ccccc1-c1nnnn1CC(F)(F)C(F)F. The summed E-state index contributed by atoms with van der Waals surface area (Å²) in [6, 6.07) is 6.29. The Morgan fingerprint density at radius 3 is 2.58 bits per heavy atom. The monoisotopic (exact) mass is 275 g/mol. The van der Waals surface area contributed by atoms with E-state index < -0.39 is 18.9 Å².